The molecule has 1 saturated heterocycles. The molecule has 0 spiro atoms. The number of nitrogens with zero attached hydrogens (tertiary/aromatic N) is 2. The van der Waals surface area contributed by atoms with E-state index in [2.05, 4.69) is 35.4 Å². The average molecular weight is 348 g/mol. The number of benzene rings is 2. The van der Waals surface area contributed by atoms with Crippen molar-refractivity contribution in [1.29, 1.82) is 0 Å². The first-order valence-corrected chi connectivity index (χ1v) is 9.31. The van der Waals surface area contributed by atoms with Gasteiger partial charge in [-0.05, 0) is 42.8 Å². The van der Waals surface area contributed by atoms with Gasteiger partial charge in [0.25, 0.3) is 0 Å². The lowest BCUT2D eigenvalue weighted by molar-refractivity contribution is 0.245. The normalized spacial score (nSPS) is 16.1. The zero-order chi connectivity index (χ0) is 18.5. The molecule has 1 aliphatic heterocycles. The van der Waals surface area contributed by atoms with Gasteiger partial charge >= 0.3 is 0 Å². The van der Waals surface area contributed by atoms with Crippen molar-refractivity contribution in [1.82, 2.24) is 9.80 Å². The molecular weight excluding hydrogens is 320 g/mol. The minimum atomic E-state index is 0.281. The van der Waals surface area contributed by atoms with Gasteiger partial charge in [-0.2, -0.15) is 0 Å². The Labute approximate surface area is 156 Å². The molecule has 0 aromatic heterocycles. The van der Waals surface area contributed by atoms with Crippen molar-refractivity contribution in [3.05, 3.63) is 71.6 Å². The van der Waals surface area contributed by atoms with E-state index in [4.69, 9.17) is 0 Å². The number of aliphatic hydroxyl groups is 1. The number of hydrogen-bond acceptors (Lipinski definition) is 3. The molecule has 0 radical (unpaired) electrons. The van der Waals surface area contributed by atoms with Crippen molar-refractivity contribution in [2.45, 2.75) is 19.3 Å². The quantitative estimate of drug-likeness (QED) is 0.476. The molecule has 0 atom stereocenters. The number of fused-ring (bicyclic) bond motifs is 1. The van der Waals surface area contributed by atoms with Crippen LogP contribution in [0, 0.1) is 0 Å². The molecule has 3 rings (SSSR count). The number of hydrogen-bond donors (Lipinski definition) is 1. The van der Waals surface area contributed by atoms with Crippen molar-refractivity contribution in [3.8, 4) is 0 Å². The van der Waals surface area contributed by atoms with Crippen molar-refractivity contribution in [2.24, 2.45) is 0 Å². The summed E-state index contributed by atoms with van der Waals surface area (Å²) in [5, 5.41) is 13.4. The zero-order valence-electron chi connectivity index (χ0n) is 15.8. The molecule has 0 unspecified atom stereocenters. The second kappa shape index (κ2) is 8.27. The number of rotatable bonds is 5. The summed E-state index contributed by atoms with van der Waals surface area (Å²) in [7, 11) is 3.92. The zero-order valence-corrected chi connectivity index (χ0v) is 15.8. The van der Waals surface area contributed by atoms with Crippen LogP contribution in [0.1, 0.15) is 24.8 Å². The summed E-state index contributed by atoms with van der Waals surface area (Å²) in [5.74, 6) is 0.281. The molecule has 3 nitrogen and oxygen atoms in total. The van der Waals surface area contributed by atoms with Gasteiger partial charge in [-0.15, -0.1) is 5.73 Å². The van der Waals surface area contributed by atoms with Crippen LogP contribution >= 0.6 is 0 Å². The third kappa shape index (κ3) is 4.01. The van der Waals surface area contributed by atoms with E-state index in [0.717, 1.165) is 41.9 Å². The van der Waals surface area contributed by atoms with Crippen molar-refractivity contribution < 1.29 is 5.11 Å². The Morgan fingerprint density at radius 2 is 1.77 bits per heavy atom. The molecule has 3 heteroatoms. The van der Waals surface area contributed by atoms with Crippen molar-refractivity contribution >= 4 is 16.5 Å². The van der Waals surface area contributed by atoms with E-state index in [0.29, 0.717) is 0 Å². The molecule has 2 aromatic rings. The Bertz CT molecular complexity index is 853. The van der Waals surface area contributed by atoms with E-state index in [1.165, 1.54) is 24.6 Å². The molecule has 0 saturated carbocycles. The molecule has 1 fully saturated rings. The predicted octanol–water partition coefficient (Wildman–Crippen LogP) is 4.83. The van der Waals surface area contributed by atoms with Gasteiger partial charge in [0.15, 0.2) is 0 Å². The third-order valence-corrected chi connectivity index (χ3v) is 5.02. The van der Waals surface area contributed by atoms with Gasteiger partial charge in [0.2, 0.25) is 0 Å². The minimum Gasteiger partial charge on any atom is -0.505 e. The Morgan fingerprint density at radius 3 is 2.42 bits per heavy atom. The summed E-state index contributed by atoms with van der Waals surface area (Å²) in [5.41, 5.74) is 5.64. The fourth-order valence-electron chi connectivity index (χ4n) is 3.65. The largest absolute Gasteiger partial charge is 0.505 e. The summed E-state index contributed by atoms with van der Waals surface area (Å²) >= 11 is 0. The van der Waals surface area contributed by atoms with E-state index in [1.807, 2.05) is 43.3 Å². The lowest BCUT2D eigenvalue weighted by atomic mass is 10.0. The molecule has 1 heterocycles. The van der Waals surface area contributed by atoms with Crippen LogP contribution in [0.2, 0.25) is 0 Å². The number of likely N-dealkylation sites (N-methyl/N-ethyl adjacent to an activating group) is 1. The first-order valence-electron chi connectivity index (χ1n) is 9.31. The number of aliphatic hydroxyl groups excluding tert-OH is 1. The summed E-state index contributed by atoms with van der Waals surface area (Å²) in [6, 6.07) is 14.3. The molecule has 136 valence electrons. The SMILES string of the molecule is C=C=C(CN1CCCCC1)/C(=C(\O)c1ccc2ccccc2c1)N(C)C. The van der Waals surface area contributed by atoms with Crippen molar-refractivity contribution in [3.63, 3.8) is 0 Å². The number of likely N-dealkylation sites (tertiary alicyclic amines) is 1. The van der Waals surface area contributed by atoms with E-state index < -0.39 is 0 Å². The van der Waals surface area contributed by atoms with Gasteiger partial charge in [0, 0.05) is 31.8 Å². The highest BCUT2D eigenvalue weighted by Gasteiger charge is 2.19. The first kappa shape index (κ1) is 18.3. The fourth-order valence-corrected chi connectivity index (χ4v) is 3.65. The van der Waals surface area contributed by atoms with Crippen LogP contribution in [0.25, 0.3) is 16.5 Å². The number of piperidine rings is 1. The topological polar surface area (TPSA) is 26.7 Å². The van der Waals surface area contributed by atoms with E-state index in [9.17, 15) is 5.11 Å². The maximum atomic E-state index is 11.1. The molecule has 0 bridgehead atoms. The second-order valence-electron chi connectivity index (χ2n) is 7.15. The van der Waals surface area contributed by atoms with Gasteiger partial charge in [-0.25, -0.2) is 0 Å². The van der Waals surface area contributed by atoms with Crippen LogP contribution in [0.5, 0.6) is 0 Å². The molecule has 26 heavy (non-hydrogen) atoms. The highest BCUT2D eigenvalue weighted by atomic mass is 16.3. The fraction of sp³-hybridized carbons (Fsp3) is 0.348. The summed E-state index contributed by atoms with van der Waals surface area (Å²) in [6.07, 6.45) is 3.78. The Morgan fingerprint density at radius 1 is 1.08 bits per heavy atom. The Balaban J connectivity index is 1.98. The van der Waals surface area contributed by atoms with Crippen LogP contribution in [-0.4, -0.2) is 48.6 Å². The molecular formula is C23H28N2O. The van der Waals surface area contributed by atoms with Gasteiger partial charge < -0.3 is 10.0 Å². The van der Waals surface area contributed by atoms with Gasteiger partial charge in [0.05, 0.1) is 5.70 Å². The monoisotopic (exact) mass is 348 g/mol. The maximum absolute atomic E-state index is 11.1. The van der Waals surface area contributed by atoms with Crippen LogP contribution < -0.4 is 0 Å². The van der Waals surface area contributed by atoms with Crippen LogP contribution in [0.4, 0.5) is 0 Å². The standard InChI is InChI=1S/C23H28N2O/c1-4-18(17-25-14-8-5-9-15-25)22(24(2)3)23(26)21-13-12-19-10-6-7-11-20(19)16-21/h6-7,10-13,16,26H,1,5,8-9,14-15,17H2,2-3H3/b23-22+. The van der Waals surface area contributed by atoms with E-state index >= 15 is 0 Å². The molecule has 0 amide bonds. The second-order valence-corrected chi connectivity index (χ2v) is 7.15. The summed E-state index contributed by atoms with van der Waals surface area (Å²) in [4.78, 5) is 4.39. The minimum absolute atomic E-state index is 0.281. The average Bonchev–Trinajstić information content (AvgIpc) is 2.67. The van der Waals surface area contributed by atoms with E-state index in [-0.39, 0.29) is 5.76 Å². The molecule has 1 aliphatic rings. The van der Waals surface area contributed by atoms with Crippen LogP contribution in [0.3, 0.4) is 0 Å². The van der Waals surface area contributed by atoms with Crippen LogP contribution in [-0.2, 0) is 0 Å². The smallest absolute Gasteiger partial charge is 0.147 e. The van der Waals surface area contributed by atoms with Gasteiger partial charge in [-0.1, -0.05) is 49.4 Å². The highest BCUT2D eigenvalue weighted by Crippen LogP contribution is 2.27. The molecule has 0 aliphatic carbocycles. The summed E-state index contributed by atoms with van der Waals surface area (Å²) < 4.78 is 0. The Kier molecular flexibility index (Phi) is 5.82. The predicted molar refractivity (Wildman–Crippen MR) is 110 cm³/mol. The van der Waals surface area contributed by atoms with E-state index in [1.54, 1.807) is 0 Å². The molecule has 1 N–H and O–H groups in total. The third-order valence-electron chi connectivity index (χ3n) is 5.02. The first-order chi connectivity index (χ1) is 12.6. The Hall–Kier alpha value is -2.48. The van der Waals surface area contributed by atoms with Gasteiger partial charge in [0.1, 0.15) is 5.76 Å². The van der Waals surface area contributed by atoms with Crippen molar-refractivity contribution in [2.75, 3.05) is 33.7 Å². The van der Waals surface area contributed by atoms with Crippen LogP contribution in [0.15, 0.2) is 66.0 Å². The summed E-state index contributed by atoms with van der Waals surface area (Å²) in [6.45, 7) is 6.87. The maximum Gasteiger partial charge on any atom is 0.147 e. The van der Waals surface area contributed by atoms with Gasteiger partial charge in [-0.3, -0.25) is 4.90 Å². The lowest BCUT2D eigenvalue weighted by Crippen LogP contribution is -2.33. The lowest BCUT2D eigenvalue weighted by Gasteiger charge is -2.29. The molecule has 2 aromatic carbocycles. The highest BCUT2D eigenvalue weighted by molar-refractivity contribution is 5.86.